The Balaban J connectivity index is 1.41. The number of amides is 1. The van der Waals surface area contributed by atoms with E-state index in [0.29, 0.717) is 11.4 Å². The molecule has 1 aliphatic heterocycles. The van der Waals surface area contributed by atoms with E-state index in [0.717, 1.165) is 37.4 Å². The van der Waals surface area contributed by atoms with Crippen LogP contribution in [0.1, 0.15) is 21.5 Å². The van der Waals surface area contributed by atoms with E-state index in [4.69, 9.17) is 4.74 Å². The molecule has 0 atom stereocenters. The first-order chi connectivity index (χ1) is 13.7. The van der Waals surface area contributed by atoms with Crippen molar-refractivity contribution in [3.63, 3.8) is 0 Å². The van der Waals surface area contributed by atoms with Gasteiger partial charge in [-0.3, -0.25) is 4.79 Å². The van der Waals surface area contributed by atoms with Gasteiger partial charge in [-0.2, -0.15) is 0 Å². The molecule has 1 amide bonds. The Labute approximate surface area is 165 Å². The summed E-state index contributed by atoms with van der Waals surface area (Å²) in [5.41, 5.74) is 4.07. The molecule has 3 aromatic rings. The van der Waals surface area contributed by atoms with Crippen LogP contribution in [0.15, 0.2) is 66.9 Å². The van der Waals surface area contributed by atoms with Crippen molar-refractivity contribution in [2.24, 2.45) is 0 Å². The van der Waals surface area contributed by atoms with Crippen LogP contribution >= 0.6 is 0 Å². The highest BCUT2D eigenvalue weighted by Gasteiger charge is 2.25. The molecule has 5 heteroatoms. The fourth-order valence-electron chi connectivity index (χ4n) is 3.53. The molecular formula is C23H23N3O2. The number of rotatable bonds is 6. The molecular weight excluding hydrogens is 350 g/mol. The number of para-hydroxylation sites is 1. The molecule has 1 aromatic heterocycles. The second-order valence-corrected chi connectivity index (χ2v) is 6.79. The molecule has 0 unspecified atom stereocenters. The Morgan fingerprint density at radius 1 is 1.14 bits per heavy atom. The Hall–Kier alpha value is -3.34. The van der Waals surface area contributed by atoms with Crippen molar-refractivity contribution in [2.75, 3.05) is 30.4 Å². The molecule has 1 aliphatic rings. The van der Waals surface area contributed by atoms with Crippen molar-refractivity contribution in [1.82, 2.24) is 4.98 Å². The molecule has 1 N–H and O–H groups in total. The lowest BCUT2D eigenvalue weighted by atomic mass is 10.1. The maximum atomic E-state index is 13.0. The summed E-state index contributed by atoms with van der Waals surface area (Å²) in [5.74, 6) is 1.58. The highest BCUT2D eigenvalue weighted by molar-refractivity contribution is 6.07. The molecule has 2 aromatic carbocycles. The number of aromatic nitrogens is 1. The van der Waals surface area contributed by atoms with Gasteiger partial charge in [0.15, 0.2) is 0 Å². The lowest BCUT2D eigenvalue weighted by Gasteiger charge is -2.17. The predicted molar refractivity (Wildman–Crippen MR) is 111 cm³/mol. The van der Waals surface area contributed by atoms with E-state index in [-0.39, 0.29) is 5.91 Å². The molecule has 5 nitrogen and oxygen atoms in total. The van der Waals surface area contributed by atoms with E-state index in [2.05, 4.69) is 22.4 Å². The van der Waals surface area contributed by atoms with Gasteiger partial charge in [0.05, 0.1) is 7.11 Å². The monoisotopic (exact) mass is 373 g/mol. The normalized spacial score (nSPS) is 12.5. The number of hydrogen-bond acceptors (Lipinski definition) is 4. The molecule has 2 heterocycles. The zero-order valence-corrected chi connectivity index (χ0v) is 15.9. The highest BCUT2D eigenvalue weighted by atomic mass is 16.5. The summed E-state index contributed by atoms with van der Waals surface area (Å²) in [6, 6.07) is 19.7. The lowest BCUT2D eigenvalue weighted by Crippen LogP contribution is -2.29. The molecule has 28 heavy (non-hydrogen) atoms. The van der Waals surface area contributed by atoms with Gasteiger partial charge >= 0.3 is 0 Å². The van der Waals surface area contributed by atoms with Gasteiger partial charge in [-0.05, 0) is 54.3 Å². The zero-order chi connectivity index (χ0) is 19.3. The third-order valence-corrected chi connectivity index (χ3v) is 4.99. The first-order valence-electron chi connectivity index (χ1n) is 9.47. The number of nitrogens with one attached hydrogen (secondary N) is 1. The van der Waals surface area contributed by atoms with Crippen LogP contribution in [0, 0.1) is 0 Å². The smallest absolute Gasteiger partial charge is 0.258 e. The molecule has 0 radical (unpaired) electrons. The van der Waals surface area contributed by atoms with Crippen LogP contribution in [0.5, 0.6) is 5.75 Å². The zero-order valence-electron chi connectivity index (χ0n) is 15.9. The Kier molecular flexibility index (Phi) is 5.24. The van der Waals surface area contributed by atoms with E-state index < -0.39 is 0 Å². The summed E-state index contributed by atoms with van der Waals surface area (Å²) < 4.78 is 5.26. The van der Waals surface area contributed by atoms with Gasteiger partial charge in [0, 0.05) is 30.5 Å². The number of pyridine rings is 1. The van der Waals surface area contributed by atoms with Crippen molar-refractivity contribution < 1.29 is 9.53 Å². The van der Waals surface area contributed by atoms with Gasteiger partial charge in [-0.15, -0.1) is 0 Å². The van der Waals surface area contributed by atoms with Gasteiger partial charge in [-0.1, -0.05) is 30.3 Å². The Morgan fingerprint density at radius 3 is 2.93 bits per heavy atom. The molecule has 0 spiro atoms. The Morgan fingerprint density at radius 2 is 2.04 bits per heavy atom. The first kappa shape index (κ1) is 18.0. The second-order valence-electron chi connectivity index (χ2n) is 6.79. The molecule has 0 saturated carbocycles. The Bertz CT molecular complexity index is 987. The van der Waals surface area contributed by atoms with Crippen molar-refractivity contribution in [3.8, 4) is 5.75 Å². The van der Waals surface area contributed by atoms with Crippen LogP contribution in [0.25, 0.3) is 0 Å². The van der Waals surface area contributed by atoms with Crippen molar-refractivity contribution in [3.05, 3.63) is 83.6 Å². The minimum Gasteiger partial charge on any atom is -0.497 e. The molecule has 142 valence electrons. The lowest BCUT2D eigenvalue weighted by molar-refractivity contribution is 0.0989. The van der Waals surface area contributed by atoms with Crippen molar-refractivity contribution in [2.45, 2.75) is 12.8 Å². The number of fused-ring (bicyclic) bond motifs is 1. The van der Waals surface area contributed by atoms with Crippen LogP contribution in [-0.4, -0.2) is 31.1 Å². The summed E-state index contributed by atoms with van der Waals surface area (Å²) >= 11 is 0. The quantitative estimate of drug-likeness (QED) is 0.711. The third kappa shape index (κ3) is 3.83. The van der Waals surface area contributed by atoms with E-state index in [1.807, 2.05) is 47.4 Å². The summed E-state index contributed by atoms with van der Waals surface area (Å²) in [4.78, 5) is 19.2. The number of nitrogens with zero attached hydrogens (tertiary/aromatic N) is 2. The van der Waals surface area contributed by atoms with Crippen LogP contribution in [0.3, 0.4) is 0 Å². The minimum atomic E-state index is 0.0168. The van der Waals surface area contributed by atoms with Crippen LogP contribution in [0.2, 0.25) is 0 Å². The number of anilines is 2. The summed E-state index contributed by atoms with van der Waals surface area (Å²) in [7, 11) is 1.67. The van der Waals surface area contributed by atoms with Gasteiger partial charge in [0.2, 0.25) is 0 Å². The maximum absolute atomic E-state index is 13.0. The third-order valence-electron chi connectivity index (χ3n) is 4.99. The predicted octanol–water partition coefficient (Wildman–Crippen LogP) is 3.95. The van der Waals surface area contributed by atoms with Crippen LogP contribution < -0.4 is 15.0 Å². The van der Waals surface area contributed by atoms with Gasteiger partial charge in [0.1, 0.15) is 11.6 Å². The van der Waals surface area contributed by atoms with Gasteiger partial charge in [-0.25, -0.2) is 4.98 Å². The number of carbonyl (C=O) groups is 1. The second kappa shape index (κ2) is 8.13. The summed E-state index contributed by atoms with van der Waals surface area (Å²) in [6.45, 7) is 1.45. The van der Waals surface area contributed by atoms with E-state index in [9.17, 15) is 4.79 Å². The molecule has 0 saturated heterocycles. The van der Waals surface area contributed by atoms with E-state index >= 15 is 0 Å². The number of ether oxygens (including phenoxy) is 1. The summed E-state index contributed by atoms with van der Waals surface area (Å²) in [5, 5.41) is 3.31. The fourth-order valence-corrected chi connectivity index (χ4v) is 3.53. The topological polar surface area (TPSA) is 54.5 Å². The summed E-state index contributed by atoms with van der Waals surface area (Å²) in [6.07, 6.45) is 3.43. The number of carbonyl (C=O) groups excluding carboxylic acids is 1. The molecule has 0 aliphatic carbocycles. The number of methoxy groups -OCH3 is 1. The maximum Gasteiger partial charge on any atom is 0.258 e. The molecule has 0 bridgehead atoms. The highest BCUT2D eigenvalue weighted by Crippen LogP contribution is 2.29. The standard InChI is InChI=1S/C23H23N3O2/c1-28-20-7-4-5-17(15-20)9-12-24-22-16-19(10-13-25-22)23(27)26-14-11-18-6-2-3-8-21(18)26/h2-8,10,13,15-16H,9,11-12,14H2,1H3,(H,24,25). The van der Waals surface area contributed by atoms with Crippen molar-refractivity contribution >= 4 is 17.4 Å². The van der Waals surface area contributed by atoms with Gasteiger partial charge in [0.25, 0.3) is 5.91 Å². The van der Waals surface area contributed by atoms with Gasteiger partial charge < -0.3 is 15.0 Å². The minimum absolute atomic E-state index is 0.0168. The fraction of sp³-hybridized carbons (Fsp3) is 0.217. The number of hydrogen-bond donors (Lipinski definition) is 1. The number of benzene rings is 2. The largest absolute Gasteiger partial charge is 0.497 e. The average Bonchev–Trinajstić information content (AvgIpc) is 3.18. The SMILES string of the molecule is COc1cccc(CCNc2cc(C(=O)N3CCc4ccccc43)ccn2)c1. The van der Waals surface area contributed by atoms with Crippen LogP contribution in [-0.2, 0) is 12.8 Å². The first-order valence-corrected chi connectivity index (χ1v) is 9.47. The van der Waals surface area contributed by atoms with E-state index in [1.54, 1.807) is 19.4 Å². The molecule has 0 fully saturated rings. The molecule has 4 rings (SSSR count). The van der Waals surface area contributed by atoms with Crippen molar-refractivity contribution in [1.29, 1.82) is 0 Å². The average molecular weight is 373 g/mol. The van der Waals surface area contributed by atoms with E-state index in [1.165, 1.54) is 11.1 Å². The van der Waals surface area contributed by atoms with Crippen LogP contribution in [0.4, 0.5) is 11.5 Å².